The van der Waals surface area contributed by atoms with Crippen molar-refractivity contribution in [2.45, 2.75) is 76.7 Å². The highest BCUT2D eigenvalue weighted by Crippen LogP contribution is 2.35. The van der Waals surface area contributed by atoms with E-state index < -0.39 is 30.4 Å². The van der Waals surface area contributed by atoms with Crippen molar-refractivity contribution in [3.63, 3.8) is 0 Å². The van der Waals surface area contributed by atoms with E-state index in [0.717, 1.165) is 58.6 Å². The molecule has 0 radical (unpaired) electrons. The van der Waals surface area contributed by atoms with Crippen molar-refractivity contribution in [3.05, 3.63) is 78.4 Å². The molecule has 0 saturated carbocycles. The first-order chi connectivity index (χ1) is 26.0. The van der Waals surface area contributed by atoms with Gasteiger partial charge in [-0.3, -0.25) is 9.59 Å². The van der Waals surface area contributed by atoms with Crippen LogP contribution in [0.1, 0.15) is 70.1 Å². The van der Waals surface area contributed by atoms with E-state index in [2.05, 4.69) is 66.7 Å². The minimum atomic E-state index is -1.13. The number of carbonyl (C=O) groups is 4. The lowest BCUT2D eigenvalue weighted by molar-refractivity contribution is -0.137. The van der Waals surface area contributed by atoms with Gasteiger partial charge in [0.15, 0.2) is 0 Å². The standard InChI is InChI=1S/C40H49N7O7/c1-23(2)34(44-39(51)53-4)37(49)46-20-6-8-32(46)30-19-18-29(42-30)27-14-10-25(11-15-27)26-12-16-28(17-13-26)31-22-41-36(43-31)33-9-7-21-47(33)38(50)35(24(3)48)45-40(52)54-5/h10-19,22-24,32-35,42,48H,6-9,20-21H2,1-5H3,(H,41,43)(H,44,51)(H,45,52)/t24-,32+,33+,34+,35+/m1/s1. The van der Waals surface area contributed by atoms with E-state index in [1.165, 1.54) is 21.1 Å². The Hall–Kier alpha value is -5.63. The molecule has 0 unspecified atom stereocenters. The molecule has 2 fully saturated rings. The fourth-order valence-corrected chi connectivity index (χ4v) is 7.41. The lowest BCUT2D eigenvalue weighted by atomic mass is 10.0. The van der Waals surface area contributed by atoms with Gasteiger partial charge < -0.3 is 45.0 Å². The zero-order valence-corrected chi connectivity index (χ0v) is 31.3. The number of aromatic nitrogens is 3. The number of H-pyrrole nitrogens is 2. The van der Waals surface area contributed by atoms with Gasteiger partial charge in [0.1, 0.15) is 17.9 Å². The Morgan fingerprint density at radius 1 is 0.704 bits per heavy atom. The summed E-state index contributed by atoms with van der Waals surface area (Å²) in [5.41, 5.74) is 6.81. The number of nitrogens with one attached hydrogen (secondary N) is 4. The number of nitrogens with zero attached hydrogens (tertiary/aromatic N) is 3. The second kappa shape index (κ2) is 16.6. The number of hydrogen-bond acceptors (Lipinski definition) is 8. The highest BCUT2D eigenvalue weighted by molar-refractivity contribution is 5.87. The lowest BCUT2D eigenvalue weighted by Crippen LogP contribution is -2.53. The van der Waals surface area contributed by atoms with Crippen LogP contribution in [-0.4, -0.2) is 99.4 Å². The van der Waals surface area contributed by atoms with Crippen molar-refractivity contribution in [3.8, 4) is 33.6 Å². The summed E-state index contributed by atoms with van der Waals surface area (Å²) in [6.45, 7) is 6.39. The molecule has 5 N–H and O–H groups in total. The average Bonchev–Trinajstić information content (AvgIpc) is 4.02. The summed E-state index contributed by atoms with van der Waals surface area (Å²) in [4.78, 5) is 65.7. The van der Waals surface area contributed by atoms with E-state index in [1.54, 1.807) is 11.1 Å². The number of aliphatic hydroxyl groups is 1. The molecule has 0 bridgehead atoms. The molecule has 5 atom stereocenters. The van der Waals surface area contributed by atoms with Gasteiger partial charge in [0, 0.05) is 24.5 Å². The molecule has 286 valence electrons. The van der Waals surface area contributed by atoms with Crippen LogP contribution in [0.5, 0.6) is 0 Å². The molecule has 4 heterocycles. The Kier molecular flexibility index (Phi) is 11.7. The predicted octanol–water partition coefficient (Wildman–Crippen LogP) is 5.55. The third-order valence-corrected chi connectivity index (χ3v) is 10.4. The first-order valence-corrected chi connectivity index (χ1v) is 18.4. The summed E-state index contributed by atoms with van der Waals surface area (Å²) in [6, 6.07) is 18.3. The minimum absolute atomic E-state index is 0.0901. The molecule has 0 spiro atoms. The molecule has 2 aromatic carbocycles. The van der Waals surface area contributed by atoms with Gasteiger partial charge in [0.05, 0.1) is 44.3 Å². The monoisotopic (exact) mass is 739 g/mol. The van der Waals surface area contributed by atoms with Crippen LogP contribution in [-0.2, 0) is 19.1 Å². The first-order valence-electron chi connectivity index (χ1n) is 18.4. The van der Waals surface area contributed by atoms with E-state index in [1.807, 2.05) is 43.0 Å². The summed E-state index contributed by atoms with van der Waals surface area (Å²) >= 11 is 0. The van der Waals surface area contributed by atoms with Crippen LogP contribution in [0.15, 0.2) is 66.9 Å². The second-order valence-corrected chi connectivity index (χ2v) is 14.3. The summed E-state index contributed by atoms with van der Waals surface area (Å²) in [6.07, 6.45) is 2.45. The Morgan fingerprint density at radius 2 is 1.20 bits per heavy atom. The maximum Gasteiger partial charge on any atom is 0.407 e. The summed E-state index contributed by atoms with van der Waals surface area (Å²) in [5, 5.41) is 15.4. The maximum atomic E-state index is 13.5. The maximum absolute atomic E-state index is 13.5. The number of aliphatic hydroxyl groups excluding tert-OH is 1. The van der Waals surface area contributed by atoms with Crippen LogP contribution < -0.4 is 10.6 Å². The molecular weight excluding hydrogens is 690 g/mol. The van der Waals surface area contributed by atoms with Crippen molar-refractivity contribution < 1.29 is 33.8 Å². The van der Waals surface area contributed by atoms with E-state index >= 15 is 0 Å². The molecule has 2 aliphatic heterocycles. The Morgan fingerprint density at radius 3 is 1.76 bits per heavy atom. The van der Waals surface area contributed by atoms with Gasteiger partial charge in [-0.25, -0.2) is 14.6 Å². The fraction of sp³-hybridized carbons (Fsp3) is 0.425. The number of benzene rings is 2. The number of ether oxygens (including phenoxy) is 2. The molecule has 14 heteroatoms. The van der Waals surface area contributed by atoms with Crippen LogP contribution in [0.4, 0.5) is 9.59 Å². The van der Waals surface area contributed by atoms with Crippen molar-refractivity contribution in [1.29, 1.82) is 0 Å². The van der Waals surface area contributed by atoms with Gasteiger partial charge in [-0.1, -0.05) is 62.4 Å². The number of methoxy groups -OCH3 is 2. The number of amides is 4. The third kappa shape index (κ3) is 8.13. The van der Waals surface area contributed by atoms with Crippen LogP contribution >= 0.6 is 0 Å². The largest absolute Gasteiger partial charge is 0.453 e. The zero-order valence-electron chi connectivity index (χ0n) is 31.3. The fourth-order valence-electron chi connectivity index (χ4n) is 7.41. The summed E-state index contributed by atoms with van der Waals surface area (Å²) in [7, 11) is 2.50. The smallest absolute Gasteiger partial charge is 0.407 e. The van der Waals surface area contributed by atoms with Gasteiger partial charge in [-0.2, -0.15) is 0 Å². The normalized spacial score (nSPS) is 18.6. The van der Waals surface area contributed by atoms with E-state index in [-0.39, 0.29) is 29.8 Å². The molecule has 6 rings (SSSR count). The number of alkyl carbamates (subject to hydrolysis) is 2. The number of hydrogen-bond donors (Lipinski definition) is 5. The van der Waals surface area contributed by atoms with Crippen molar-refractivity contribution in [1.82, 2.24) is 35.4 Å². The molecule has 2 aromatic heterocycles. The van der Waals surface area contributed by atoms with Gasteiger partial charge >= 0.3 is 12.2 Å². The highest BCUT2D eigenvalue weighted by Gasteiger charge is 2.39. The predicted molar refractivity (Wildman–Crippen MR) is 202 cm³/mol. The molecule has 2 aliphatic rings. The van der Waals surface area contributed by atoms with Crippen molar-refractivity contribution >= 4 is 24.0 Å². The van der Waals surface area contributed by atoms with Crippen LogP contribution in [0, 0.1) is 5.92 Å². The number of carbonyl (C=O) groups excluding carboxylic acids is 4. The minimum Gasteiger partial charge on any atom is -0.453 e. The number of imidazole rings is 1. The Labute approximate surface area is 314 Å². The van der Waals surface area contributed by atoms with E-state index in [9.17, 15) is 24.3 Å². The number of aromatic amines is 2. The zero-order chi connectivity index (χ0) is 38.5. The Balaban J connectivity index is 1.11. The summed E-state index contributed by atoms with van der Waals surface area (Å²) < 4.78 is 9.40. The van der Waals surface area contributed by atoms with Gasteiger partial charge in [-0.15, -0.1) is 0 Å². The topological polar surface area (TPSA) is 182 Å². The average molecular weight is 740 g/mol. The number of likely N-dealkylation sites (tertiary alicyclic amines) is 2. The van der Waals surface area contributed by atoms with Crippen molar-refractivity contribution in [2.24, 2.45) is 5.92 Å². The lowest BCUT2D eigenvalue weighted by Gasteiger charge is -2.30. The summed E-state index contributed by atoms with van der Waals surface area (Å²) in [5.74, 6) is 0.0601. The molecule has 14 nitrogen and oxygen atoms in total. The van der Waals surface area contributed by atoms with Gasteiger partial charge in [-0.05, 0) is 72.9 Å². The quantitative estimate of drug-likeness (QED) is 0.133. The second-order valence-electron chi connectivity index (χ2n) is 14.3. The molecule has 0 aliphatic carbocycles. The van der Waals surface area contributed by atoms with Crippen molar-refractivity contribution in [2.75, 3.05) is 27.3 Å². The van der Waals surface area contributed by atoms with Gasteiger partial charge in [0.25, 0.3) is 0 Å². The Bertz CT molecular complexity index is 1800. The van der Waals surface area contributed by atoms with Crippen LogP contribution in [0.3, 0.4) is 0 Å². The third-order valence-electron chi connectivity index (χ3n) is 10.4. The highest BCUT2D eigenvalue weighted by atomic mass is 16.5. The molecule has 2 saturated heterocycles. The van der Waals surface area contributed by atoms with Crippen LogP contribution in [0.2, 0.25) is 0 Å². The SMILES string of the molecule is COC(=O)N[C@H](C(=O)N1CCC[C@H]1c1ccc(-c2ccc(-c3ccc(-c4cnc([C@@H]5CCCN5C(=O)[C@@H](NC(=O)OC)[C@@H](C)O)[nH]4)cc3)cc2)[nH]1)C(C)C. The molecular formula is C40H49N7O7. The van der Waals surface area contributed by atoms with E-state index in [0.29, 0.717) is 25.3 Å². The molecule has 4 aromatic rings. The van der Waals surface area contributed by atoms with Gasteiger partial charge in [0.2, 0.25) is 11.8 Å². The molecule has 4 amide bonds. The first kappa shape index (κ1) is 38.1. The molecule has 54 heavy (non-hydrogen) atoms. The number of rotatable bonds is 11. The van der Waals surface area contributed by atoms with Crippen LogP contribution in [0.25, 0.3) is 33.6 Å². The van der Waals surface area contributed by atoms with E-state index in [4.69, 9.17) is 4.74 Å².